The summed E-state index contributed by atoms with van der Waals surface area (Å²) in [5.41, 5.74) is 0.961. The van der Waals surface area contributed by atoms with Crippen molar-refractivity contribution < 1.29 is 9.90 Å². The van der Waals surface area contributed by atoms with Crippen molar-refractivity contribution in [3.8, 4) is 0 Å². The Morgan fingerprint density at radius 1 is 1.44 bits per heavy atom. The Morgan fingerprint density at radius 3 is 2.75 bits per heavy atom. The molecule has 3 nitrogen and oxygen atoms in total. The summed E-state index contributed by atoms with van der Waals surface area (Å²) in [7, 11) is 0. The van der Waals surface area contributed by atoms with Gasteiger partial charge in [-0.2, -0.15) is 0 Å². The van der Waals surface area contributed by atoms with Gasteiger partial charge in [0.1, 0.15) is 6.04 Å². The van der Waals surface area contributed by atoms with Gasteiger partial charge >= 0.3 is 0 Å². The van der Waals surface area contributed by atoms with Crippen LogP contribution in [0.15, 0.2) is 30.3 Å². The highest BCUT2D eigenvalue weighted by Gasteiger charge is 2.37. The Balaban J connectivity index is 2.24. The highest BCUT2D eigenvalue weighted by molar-refractivity contribution is 6.28. The average Bonchev–Trinajstić information content (AvgIpc) is 2.71. The van der Waals surface area contributed by atoms with Crippen molar-refractivity contribution >= 4 is 23.1 Å². The molecule has 0 amide bonds. The van der Waals surface area contributed by atoms with E-state index in [0.29, 0.717) is 13.0 Å². The Hall–Kier alpha value is -1.06. The molecule has 1 aromatic carbocycles. The minimum absolute atomic E-state index is 0.0505. The molecule has 1 fully saturated rings. The van der Waals surface area contributed by atoms with Gasteiger partial charge < -0.3 is 10.0 Å². The maximum atomic E-state index is 11.7. The molecular weight excluding hydrogens is 226 g/mol. The van der Waals surface area contributed by atoms with E-state index in [9.17, 15) is 9.90 Å². The summed E-state index contributed by atoms with van der Waals surface area (Å²) < 4.78 is 0. The molecule has 2 atom stereocenters. The number of halogens is 1. The summed E-state index contributed by atoms with van der Waals surface area (Å²) in [5, 5.41) is 9.80. The van der Waals surface area contributed by atoms with Crippen LogP contribution in [0, 0.1) is 0 Å². The predicted octanol–water partition coefficient (Wildman–Crippen LogP) is 1.43. The normalized spacial score (nSPS) is 24.8. The van der Waals surface area contributed by atoms with Gasteiger partial charge in [0.05, 0.1) is 12.0 Å². The molecule has 1 aliphatic heterocycles. The lowest BCUT2D eigenvalue weighted by atomic mass is 10.1. The third-order valence-electron chi connectivity index (χ3n) is 2.92. The van der Waals surface area contributed by atoms with Crippen LogP contribution in [0.25, 0.3) is 0 Å². The number of benzene rings is 1. The zero-order chi connectivity index (χ0) is 11.5. The Kier molecular flexibility index (Phi) is 3.46. The molecule has 0 saturated carbocycles. The molecule has 0 unspecified atom stereocenters. The second-order valence-corrected chi connectivity index (χ2v) is 4.20. The minimum Gasteiger partial charge on any atom is -0.390 e. The third kappa shape index (κ3) is 2.06. The van der Waals surface area contributed by atoms with Crippen LogP contribution in [0.3, 0.4) is 0 Å². The first-order valence-electron chi connectivity index (χ1n) is 5.32. The summed E-state index contributed by atoms with van der Waals surface area (Å²) in [6.45, 7) is 0.693. The molecule has 0 aliphatic carbocycles. The highest BCUT2D eigenvalue weighted by atomic mass is 35.5. The van der Waals surface area contributed by atoms with E-state index >= 15 is 0 Å². The number of Topliss-reactive ketones (excluding diaryl/α,β-unsaturated/α-hetero) is 1. The molecule has 4 heteroatoms. The average molecular weight is 240 g/mol. The first kappa shape index (κ1) is 11.4. The summed E-state index contributed by atoms with van der Waals surface area (Å²) in [5.74, 6) is -0.166. The predicted molar refractivity (Wildman–Crippen MR) is 63.9 cm³/mol. The summed E-state index contributed by atoms with van der Waals surface area (Å²) in [6, 6.07) is 9.15. The number of aliphatic hydroxyl groups is 1. The van der Waals surface area contributed by atoms with Crippen LogP contribution in [0.2, 0.25) is 0 Å². The quantitative estimate of drug-likeness (QED) is 0.812. The Morgan fingerprint density at radius 2 is 2.12 bits per heavy atom. The molecule has 1 saturated heterocycles. The van der Waals surface area contributed by atoms with E-state index in [2.05, 4.69) is 0 Å². The molecular formula is C12H14ClNO2. The summed E-state index contributed by atoms with van der Waals surface area (Å²) >= 11 is 5.56. The minimum atomic E-state index is -0.605. The van der Waals surface area contributed by atoms with Crippen LogP contribution in [-0.4, -0.2) is 35.5 Å². The van der Waals surface area contributed by atoms with Gasteiger partial charge in [-0.1, -0.05) is 18.2 Å². The summed E-state index contributed by atoms with van der Waals surface area (Å²) in [6.07, 6.45) is 0.00815. The number of anilines is 1. The van der Waals surface area contributed by atoms with Crippen LogP contribution < -0.4 is 4.90 Å². The number of para-hydroxylation sites is 1. The number of hydrogen-bond acceptors (Lipinski definition) is 3. The Labute approximate surface area is 99.6 Å². The van der Waals surface area contributed by atoms with Crippen molar-refractivity contribution in [3.05, 3.63) is 30.3 Å². The van der Waals surface area contributed by atoms with Gasteiger partial charge in [-0.15, -0.1) is 11.6 Å². The van der Waals surface area contributed by atoms with Crippen LogP contribution in [0.5, 0.6) is 0 Å². The van der Waals surface area contributed by atoms with Crippen molar-refractivity contribution in [2.45, 2.75) is 18.6 Å². The second kappa shape index (κ2) is 4.85. The van der Waals surface area contributed by atoms with Crippen LogP contribution in [-0.2, 0) is 4.79 Å². The molecule has 1 heterocycles. The fraction of sp³-hybridized carbons (Fsp3) is 0.417. The number of alkyl halides is 1. The number of carbonyl (C=O) groups excluding carboxylic acids is 1. The zero-order valence-electron chi connectivity index (χ0n) is 8.84. The SMILES string of the molecule is O=C(CCl)[C@H]1[C@@H](O)CCN1c1ccccc1. The van der Waals surface area contributed by atoms with Crippen molar-refractivity contribution in [2.75, 3.05) is 17.3 Å². The monoisotopic (exact) mass is 239 g/mol. The number of nitrogens with zero attached hydrogens (tertiary/aromatic N) is 1. The number of hydrogen-bond donors (Lipinski definition) is 1. The number of carbonyl (C=O) groups is 1. The van der Waals surface area contributed by atoms with Gasteiger partial charge in [-0.05, 0) is 18.6 Å². The van der Waals surface area contributed by atoms with Gasteiger partial charge in [-0.3, -0.25) is 4.79 Å². The molecule has 16 heavy (non-hydrogen) atoms. The van der Waals surface area contributed by atoms with Crippen LogP contribution in [0.1, 0.15) is 6.42 Å². The second-order valence-electron chi connectivity index (χ2n) is 3.93. The first-order chi connectivity index (χ1) is 7.74. The zero-order valence-corrected chi connectivity index (χ0v) is 9.60. The van der Waals surface area contributed by atoms with E-state index in [1.807, 2.05) is 35.2 Å². The molecule has 0 aromatic heterocycles. The fourth-order valence-corrected chi connectivity index (χ4v) is 2.31. The molecule has 86 valence electrons. The molecule has 0 bridgehead atoms. The molecule has 2 rings (SSSR count). The van der Waals surface area contributed by atoms with E-state index in [1.165, 1.54) is 0 Å². The smallest absolute Gasteiger partial charge is 0.172 e. The van der Waals surface area contributed by atoms with Gasteiger partial charge in [0, 0.05) is 12.2 Å². The lowest BCUT2D eigenvalue weighted by molar-refractivity contribution is -0.119. The number of rotatable bonds is 3. The number of ketones is 1. The van der Waals surface area contributed by atoms with Crippen molar-refractivity contribution in [2.24, 2.45) is 0 Å². The van der Waals surface area contributed by atoms with Gasteiger partial charge in [0.25, 0.3) is 0 Å². The maximum absolute atomic E-state index is 11.7. The lowest BCUT2D eigenvalue weighted by Gasteiger charge is -2.26. The molecule has 0 spiro atoms. The Bertz CT molecular complexity index is 369. The molecule has 1 aliphatic rings. The topological polar surface area (TPSA) is 40.5 Å². The van der Waals surface area contributed by atoms with Crippen LogP contribution in [0.4, 0.5) is 5.69 Å². The van der Waals surface area contributed by atoms with E-state index in [4.69, 9.17) is 11.6 Å². The van der Waals surface area contributed by atoms with Gasteiger partial charge in [0.15, 0.2) is 5.78 Å². The van der Waals surface area contributed by atoms with E-state index in [0.717, 1.165) is 5.69 Å². The highest BCUT2D eigenvalue weighted by Crippen LogP contribution is 2.26. The summed E-state index contributed by atoms with van der Waals surface area (Å²) in [4.78, 5) is 13.6. The number of aliphatic hydroxyl groups excluding tert-OH is 1. The standard InChI is InChI=1S/C12H14ClNO2/c13-8-11(16)12-10(15)6-7-14(12)9-4-2-1-3-5-9/h1-5,10,12,15H,6-8H2/t10-,12+/m0/s1. The van der Waals surface area contributed by atoms with Crippen molar-refractivity contribution in [1.82, 2.24) is 0 Å². The maximum Gasteiger partial charge on any atom is 0.172 e. The largest absolute Gasteiger partial charge is 0.390 e. The first-order valence-corrected chi connectivity index (χ1v) is 5.86. The fourth-order valence-electron chi connectivity index (χ4n) is 2.15. The van der Waals surface area contributed by atoms with Gasteiger partial charge in [0.2, 0.25) is 0 Å². The lowest BCUT2D eigenvalue weighted by Crippen LogP contribution is -2.42. The third-order valence-corrected chi connectivity index (χ3v) is 3.18. The van der Waals surface area contributed by atoms with E-state index < -0.39 is 12.1 Å². The molecule has 1 N–H and O–H groups in total. The van der Waals surface area contributed by atoms with Gasteiger partial charge in [-0.25, -0.2) is 0 Å². The van der Waals surface area contributed by atoms with E-state index in [1.54, 1.807) is 0 Å². The molecule has 0 radical (unpaired) electrons. The van der Waals surface area contributed by atoms with Crippen molar-refractivity contribution in [1.29, 1.82) is 0 Å². The molecule has 1 aromatic rings. The van der Waals surface area contributed by atoms with Crippen LogP contribution >= 0.6 is 11.6 Å². The van der Waals surface area contributed by atoms with E-state index in [-0.39, 0.29) is 11.7 Å². The van der Waals surface area contributed by atoms with Crippen molar-refractivity contribution in [3.63, 3.8) is 0 Å².